The topological polar surface area (TPSA) is 55.8 Å². The van der Waals surface area contributed by atoms with Gasteiger partial charge in [0.2, 0.25) is 0 Å². The quantitative estimate of drug-likeness (QED) is 0.570. The van der Waals surface area contributed by atoms with Crippen molar-refractivity contribution >= 4 is 12.1 Å². The van der Waals surface area contributed by atoms with Crippen LogP contribution >= 0.6 is 0 Å². The molecular weight excluding hydrogens is 246 g/mol. The van der Waals surface area contributed by atoms with Gasteiger partial charge in [-0.2, -0.15) is 0 Å². The van der Waals surface area contributed by atoms with Gasteiger partial charge in [0.15, 0.2) is 0 Å². The summed E-state index contributed by atoms with van der Waals surface area (Å²) in [5.74, 6) is -0.223. The lowest BCUT2D eigenvalue weighted by atomic mass is 10.1. The van der Waals surface area contributed by atoms with Crippen molar-refractivity contribution in [2.45, 2.75) is 45.8 Å². The lowest BCUT2D eigenvalue weighted by Gasteiger charge is -2.27. The van der Waals surface area contributed by atoms with Crippen LogP contribution in [0.2, 0.25) is 0 Å². The van der Waals surface area contributed by atoms with E-state index in [2.05, 4.69) is 0 Å². The number of hydrogen-bond donors (Lipinski definition) is 0. The molecule has 1 saturated heterocycles. The van der Waals surface area contributed by atoms with Gasteiger partial charge in [0.1, 0.15) is 11.6 Å². The maximum absolute atomic E-state index is 12.1. The summed E-state index contributed by atoms with van der Waals surface area (Å²) in [6.07, 6.45) is 4.05. The van der Waals surface area contributed by atoms with E-state index >= 15 is 0 Å². The molecule has 0 bridgehead atoms. The molecule has 1 fully saturated rings. The predicted molar refractivity (Wildman–Crippen MR) is 71.7 cm³/mol. The largest absolute Gasteiger partial charge is 0.467 e. The summed E-state index contributed by atoms with van der Waals surface area (Å²) in [5.41, 5.74) is -0.573. The zero-order valence-corrected chi connectivity index (χ0v) is 12.3. The standard InChI is InChI=1S/C14H23NO4/c1-6-7-10-8-11(12(16)18-5)15(9-10)13(17)19-14(2,3)4/h6-7,10-11H,8-9H2,1-5H3. The van der Waals surface area contributed by atoms with Crippen LogP contribution in [-0.4, -0.2) is 42.3 Å². The summed E-state index contributed by atoms with van der Waals surface area (Å²) < 4.78 is 10.1. The molecule has 0 aromatic heterocycles. The van der Waals surface area contributed by atoms with Crippen molar-refractivity contribution in [1.29, 1.82) is 0 Å². The second-order valence-corrected chi connectivity index (χ2v) is 5.69. The van der Waals surface area contributed by atoms with Crippen LogP contribution in [0.3, 0.4) is 0 Å². The van der Waals surface area contributed by atoms with Crippen LogP contribution in [0.5, 0.6) is 0 Å². The molecule has 1 amide bonds. The van der Waals surface area contributed by atoms with Crippen LogP contribution in [0.4, 0.5) is 4.79 Å². The smallest absolute Gasteiger partial charge is 0.411 e. The van der Waals surface area contributed by atoms with Crippen molar-refractivity contribution in [3.63, 3.8) is 0 Å². The Kier molecular flexibility index (Phi) is 4.97. The number of likely N-dealkylation sites (tertiary alicyclic amines) is 1. The van der Waals surface area contributed by atoms with E-state index in [1.165, 1.54) is 12.0 Å². The summed E-state index contributed by atoms with van der Waals surface area (Å²) in [4.78, 5) is 25.3. The van der Waals surface area contributed by atoms with Gasteiger partial charge >= 0.3 is 12.1 Å². The highest BCUT2D eigenvalue weighted by atomic mass is 16.6. The molecule has 0 saturated carbocycles. The summed E-state index contributed by atoms with van der Waals surface area (Å²) in [6.45, 7) is 7.81. The van der Waals surface area contributed by atoms with Crippen LogP contribution in [0.1, 0.15) is 34.1 Å². The Morgan fingerprint density at radius 3 is 2.42 bits per heavy atom. The number of rotatable bonds is 2. The van der Waals surface area contributed by atoms with E-state index in [1.807, 2.05) is 19.1 Å². The Labute approximate surface area is 114 Å². The number of hydrogen-bond acceptors (Lipinski definition) is 4. The fraction of sp³-hybridized carbons (Fsp3) is 0.714. The highest BCUT2D eigenvalue weighted by Crippen LogP contribution is 2.27. The van der Waals surface area contributed by atoms with Crippen LogP contribution in [0.25, 0.3) is 0 Å². The number of allylic oxidation sites excluding steroid dienone is 1. The zero-order chi connectivity index (χ0) is 14.6. The van der Waals surface area contributed by atoms with E-state index in [0.717, 1.165) is 0 Å². The first-order valence-corrected chi connectivity index (χ1v) is 6.48. The van der Waals surface area contributed by atoms with Crippen LogP contribution in [0.15, 0.2) is 12.2 Å². The molecule has 19 heavy (non-hydrogen) atoms. The lowest BCUT2D eigenvalue weighted by molar-refractivity contribution is -0.145. The molecule has 2 atom stereocenters. The van der Waals surface area contributed by atoms with Gasteiger partial charge in [0.25, 0.3) is 0 Å². The first kappa shape index (κ1) is 15.5. The van der Waals surface area contributed by atoms with Crippen LogP contribution in [-0.2, 0) is 14.3 Å². The number of amides is 1. The fourth-order valence-electron chi connectivity index (χ4n) is 2.16. The molecule has 5 nitrogen and oxygen atoms in total. The average molecular weight is 269 g/mol. The Balaban J connectivity index is 2.82. The number of nitrogens with zero attached hydrogens (tertiary/aromatic N) is 1. The molecule has 0 aromatic carbocycles. The van der Waals surface area contributed by atoms with E-state index < -0.39 is 23.7 Å². The second-order valence-electron chi connectivity index (χ2n) is 5.69. The Hall–Kier alpha value is -1.52. The predicted octanol–water partition coefficient (Wildman–Crippen LogP) is 2.36. The molecular formula is C14H23NO4. The average Bonchev–Trinajstić information content (AvgIpc) is 2.70. The molecule has 0 aromatic rings. The molecule has 0 spiro atoms. The van der Waals surface area contributed by atoms with Crippen LogP contribution < -0.4 is 0 Å². The normalized spacial score (nSPS) is 23.7. The molecule has 0 N–H and O–H groups in total. The maximum atomic E-state index is 12.1. The number of ether oxygens (including phenoxy) is 2. The third-order valence-corrected chi connectivity index (χ3v) is 2.90. The summed E-state index contributed by atoms with van der Waals surface area (Å²) >= 11 is 0. The fourth-order valence-corrected chi connectivity index (χ4v) is 2.16. The van der Waals surface area contributed by atoms with E-state index in [4.69, 9.17) is 9.47 Å². The van der Waals surface area contributed by atoms with Gasteiger partial charge in [-0.3, -0.25) is 4.90 Å². The summed E-state index contributed by atoms with van der Waals surface area (Å²) in [7, 11) is 1.33. The molecule has 108 valence electrons. The van der Waals surface area contributed by atoms with Gasteiger partial charge in [-0.1, -0.05) is 12.2 Å². The number of carbonyl (C=O) groups is 2. The van der Waals surface area contributed by atoms with Crippen molar-refractivity contribution in [2.75, 3.05) is 13.7 Å². The van der Waals surface area contributed by atoms with E-state index in [-0.39, 0.29) is 5.92 Å². The monoisotopic (exact) mass is 269 g/mol. The molecule has 1 aliphatic rings. The first-order chi connectivity index (χ1) is 8.78. The van der Waals surface area contributed by atoms with Gasteiger partial charge in [-0.05, 0) is 40.0 Å². The minimum absolute atomic E-state index is 0.168. The molecule has 0 radical (unpaired) electrons. The van der Waals surface area contributed by atoms with Crippen molar-refractivity contribution in [3.8, 4) is 0 Å². The highest BCUT2D eigenvalue weighted by Gasteiger charge is 2.41. The Morgan fingerprint density at radius 2 is 1.95 bits per heavy atom. The molecule has 1 rings (SSSR count). The Morgan fingerprint density at radius 1 is 1.32 bits per heavy atom. The summed E-state index contributed by atoms with van der Waals surface area (Å²) in [5, 5.41) is 0. The van der Waals surface area contributed by atoms with Crippen molar-refractivity contribution in [2.24, 2.45) is 5.92 Å². The maximum Gasteiger partial charge on any atom is 0.411 e. The van der Waals surface area contributed by atoms with Crippen molar-refractivity contribution in [1.82, 2.24) is 4.90 Å². The highest BCUT2D eigenvalue weighted by molar-refractivity contribution is 5.82. The van der Waals surface area contributed by atoms with Crippen LogP contribution in [0, 0.1) is 5.92 Å². The molecule has 2 unspecified atom stereocenters. The summed E-state index contributed by atoms with van der Waals surface area (Å²) in [6, 6.07) is -0.555. The van der Waals surface area contributed by atoms with E-state index in [9.17, 15) is 9.59 Å². The third kappa shape index (κ3) is 4.26. The number of carbonyl (C=O) groups excluding carboxylic acids is 2. The number of methoxy groups -OCH3 is 1. The van der Waals surface area contributed by atoms with Crippen molar-refractivity contribution in [3.05, 3.63) is 12.2 Å². The second kappa shape index (κ2) is 6.08. The van der Waals surface area contributed by atoms with E-state index in [1.54, 1.807) is 20.8 Å². The van der Waals surface area contributed by atoms with E-state index in [0.29, 0.717) is 13.0 Å². The zero-order valence-electron chi connectivity index (χ0n) is 12.3. The van der Waals surface area contributed by atoms with Gasteiger partial charge in [-0.25, -0.2) is 9.59 Å². The number of esters is 1. The Bertz CT molecular complexity index is 370. The third-order valence-electron chi connectivity index (χ3n) is 2.90. The first-order valence-electron chi connectivity index (χ1n) is 6.48. The lowest BCUT2D eigenvalue weighted by Crippen LogP contribution is -2.43. The molecule has 0 aliphatic carbocycles. The SMILES string of the molecule is CC=CC1CC(C(=O)OC)N(C(=O)OC(C)(C)C)C1. The minimum Gasteiger partial charge on any atom is -0.467 e. The van der Waals surface area contributed by atoms with Crippen molar-refractivity contribution < 1.29 is 19.1 Å². The van der Waals surface area contributed by atoms with Gasteiger partial charge in [0, 0.05) is 6.54 Å². The molecule has 1 aliphatic heterocycles. The molecule has 5 heteroatoms. The molecule has 1 heterocycles. The van der Waals surface area contributed by atoms with Gasteiger partial charge in [-0.15, -0.1) is 0 Å². The minimum atomic E-state index is -0.573. The van der Waals surface area contributed by atoms with Gasteiger partial charge < -0.3 is 9.47 Å². The van der Waals surface area contributed by atoms with Gasteiger partial charge in [0.05, 0.1) is 7.11 Å².